The van der Waals surface area contributed by atoms with E-state index in [1.807, 2.05) is 29.4 Å². The number of aromatic nitrogens is 3. The molecule has 0 aromatic carbocycles. The molecule has 2 aliphatic rings. The molecule has 2 aromatic rings. The molecule has 1 amide bonds. The molecular weight excluding hydrogens is 384 g/mol. The van der Waals surface area contributed by atoms with Crippen molar-refractivity contribution in [2.45, 2.75) is 45.6 Å². The zero-order valence-electron chi connectivity index (χ0n) is 17.8. The molecular formula is C22H30N4O4. The number of carbonyl (C=O) groups excluding carboxylic acids is 2. The first-order chi connectivity index (χ1) is 14.5. The highest BCUT2D eigenvalue weighted by molar-refractivity contribution is 5.97. The van der Waals surface area contributed by atoms with Crippen molar-refractivity contribution >= 4 is 11.9 Å². The molecule has 0 radical (unpaired) electrons. The zero-order chi connectivity index (χ0) is 21.1. The maximum atomic E-state index is 12.8. The van der Waals surface area contributed by atoms with Gasteiger partial charge in [0, 0.05) is 52.2 Å². The minimum atomic E-state index is -0.315. The number of rotatable bonds is 6. The Kier molecular flexibility index (Phi) is 5.94. The Bertz CT molecular complexity index is 924. The Morgan fingerprint density at radius 3 is 2.87 bits per heavy atom. The average Bonchev–Trinajstić information content (AvgIpc) is 3.30. The van der Waals surface area contributed by atoms with Gasteiger partial charge in [0.25, 0.3) is 5.91 Å². The van der Waals surface area contributed by atoms with E-state index in [4.69, 9.17) is 14.6 Å². The largest absolute Gasteiger partial charge is 0.462 e. The Morgan fingerprint density at radius 1 is 1.37 bits per heavy atom. The standard InChI is InChI=1S/C22H30N4O4/c1-3-17-19-18(13-22(15-23-20(19)27)6-11-29-12-7-22)26(24-17)8-4-10-30-21(28)16-5-9-25(2)14-16/h5,9,14H,3-4,6-8,10-13,15H2,1-2H3,(H,23,27). The molecule has 4 heterocycles. The second-order valence-electron chi connectivity index (χ2n) is 8.37. The van der Waals surface area contributed by atoms with Gasteiger partial charge in [-0.2, -0.15) is 5.10 Å². The van der Waals surface area contributed by atoms with Crippen molar-refractivity contribution in [3.05, 3.63) is 41.0 Å². The number of aryl methyl sites for hydroxylation is 3. The van der Waals surface area contributed by atoms with Crippen molar-refractivity contribution < 1.29 is 19.1 Å². The molecule has 0 bridgehead atoms. The first-order valence-corrected chi connectivity index (χ1v) is 10.7. The molecule has 30 heavy (non-hydrogen) atoms. The summed E-state index contributed by atoms with van der Waals surface area (Å²) in [7, 11) is 1.87. The molecule has 1 spiro atoms. The molecule has 4 rings (SSSR count). The van der Waals surface area contributed by atoms with E-state index >= 15 is 0 Å². The lowest BCUT2D eigenvalue weighted by Gasteiger charge is -2.36. The van der Waals surface area contributed by atoms with Gasteiger partial charge in [-0.05, 0) is 37.2 Å². The molecule has 2 aliphatic heterocycles. The van der Waals surface area contributed by atoms with E-state index < -0.39 is 0 Å². The molecule has 162 valence electrons. The van der Waals surface area contributed by atoms with Gasteiger partial charge in [0.15, 0.2) is 0 Å². The molecule has 0 saturated carbocycles. The third-order valence-corrected chi connectivity index (χ3v) is 6.23. The van der Waals surface area contributed by atoms with Gasteiger partial charge in [-0.15, -0.1) is 0 Å². The maximum Gasteiger partial charge on any atom is 0.339 e. The van der Waals surface area contributed by atoms with Gasteiger partial charge < -0.3 is 19.4 Å². The summed E-state index contributed by atoms with van der Waals surface area (Å²) in [6.45, 7) is 5.10. The first kappa shape index (κ1) is 20.7. The molecule has 0 unspecified atom stereocenters. The topological polar surface area (TPSA) is 87.4 Å². The van der Waals surface area contributed by atoms with Crippen LogP contribution in [0, 0.1) is 5.41 Å². The predicted octanol–water partition coefficient (Wildman–Crippen LogP) is 2.11. The smallest absolute Gasteiger partial charge is 0.339 e. The van der Waals surface area contributed by atoms with Crippen LogP contribution in [0.25, 0.3) is 0 Å². The van der Waals surface area contributed by atoms with E-state index in [-0.39, 0.29) is 17.3 Å². The fraction of sp³-hybridized carbons (Fsp3) is 0.591. The second kappa shape index (κ2) is 8.63. The van der Waals surface area contributed by atoms with Crippen molar-refractivity contribution in [3.63, 3.8) is 0 Å². The highest BCUT2D eigenvalue weighted by Gasteiger charge is 2.39. The van der Waals surface area contributed by atoms with Crippen LogP contribution >= 0.6 is 0 Å². The number of nitrogens with zero attached hydrogens (tertiary/aromatic N) is 3. The van der Waals surface area contributed by atoms with Crippen LogP contribution in [0.3, 0.4) is 0 Å². The van der Waals surface area contributed by atoms with E-state index in [0.717, 1.165) is 49.4 Å². The van der Waals surface area contributed by atoms with Crippen molar-refractivity contribution in [1.29, 1.82) is 0 Å². The minimum absolute atomic E-state index is 0.0213. The third-order valence-electron chi connectivity index (χ3n) is 6.23. The summed E-state index contributed by atoms with van der Waals surface area (Å²) < 4.78 is 14.8. The van der Waals surface area contributed by atoms with Crippen LogP contribution in [0.5, 0.6) is 0 Å². The monoisotopic (exact) mass is 414 g/mol. The van der Waals surface area contributed by atoms with Crippen LogP contribution in [-0.2, 0) is 35.9 Å². The minimum Gasteiger partial charge on any atom is -0.462 e. The Balaban J connectivity index is 1.46. The van der Waals surface area contributed by atoms with Crippen molar-refractivity contribution in [1.82, 2.24) is 19.7 Å². The van der Waals surface area contributed by atoms with E-state index in [1.54, 1.807) is 12.3 Å². The summed E-state index contributed by atoms with van der Waals surface area (Å²) in [4.78, 5) is 25.0. The molecule has 8 heteroatoms. The highest BCUT2D eigenvalue weighted by Crippen LogP contribution is 2.37. The van der Waals surface area contributed by atoms with Gasteiger partial charge in [0.1, 0.15) is 0 Å². The number of carbonyl (C=O) groups is 2. The quantitative estimate of drug-likeness (QED) is 0.578. The SMILES string of the molecule is CCc1nn(CCCOC(=O)c2ccn(C)c2)c2c1C(=O)NCC1(CCOCC1)C2. The normalized spacial score (nSPS) is 18.0. The number of hydrogen-bond acceptors (Lipinski definition) is 5. The summed E-state index contributed by atoms with van der Waals surface area (Å²) in [6.07, 6.45) is 7.62. The van der Waals surface area contributed by atoms with Crippen molar-refractivity contribution in [2.75, 3.05) is 26.4 Å². The van der Waals surface area contributed by atoms with Gasteiger partial charge in [-0.1, -0.05) is 6.92 Å². The molecule has 1 N–H and O–H groups in total. The zero-order valence-corrected chi connectivity index (χ0v) is 17.8. The summed E-state index contributed by atoms with van der Waals surface area (Å²) >= 11 is 0. The van der Waals surface area contributed by atoms with Gasteiger partial charge >= 0.3 is 5.97 Å². The Morgan fingerprint density at radius 2 is 2.17 bits per heavy atom. The van der Waals surface area contributed by atoms with Crippen LogP contribution in [-0.4, -0.2) is 52.6 Å². The summed E-state index contributed by atoms with van der Waals surface area (Å²) in [5.74, 6) is -0.336. The first-order valence-electron chi connectivity index (χ1n) is 10.7. The Labute approximate surface area is 176 Å². The number of hydrogen-bond donors (Lipinski definition) is 1. The summed E-state index contributed by atoms with van der Waals surface area (Å²) in [5.41, 5.74) is 3.17. The van der Waals surface area contributed by atoms with Crippen LogP contribution in [0.15, 0.2) is 18.5 Å². The van der Waals surface area contributed by atoms with Crippen LogP contribution < -0.4 is 5.32 Å². The molecule has 8 nitrogen and oxygen atoms in total. The maximum absolute atomic E-state index is 12.8. The van der Waals surface area contributed by atoms with Gasteiger partial charge in [0.2, 0.25) is 0 Å². The number of nitrogens with one attached hydrogen (secondary N) is 1. The average molecular weight is 415 g/mol. The lowest BCUT2D eigenvalue weighted by atomic mass is 9.76. The van der Waals surface area contributed by atoms with Crippen LogP contribution in [0.2, 0.25) is 0 Å². The lowest BCUT2D eigenvalue weighted by molar-refractivity contribution is 0.0152. The van der Waals surface area contributed by atoms with E-state index in [2.05, 4.69) is 5.32 Å². The number of ether oxygens (including phenoxy) is 2. The molecule has 1 saturated heterocycles. The summed E-state index contributed by atoms with van der Waals surface area (Å²) in [6, 6.07) is 1.75. The number of amides is 1. The molecule has 0 aliphatic carbocycles. The highest BCUT2D eigenvalue weighted by atomic mass is 16.5. The van der Waals surface area contributed by atoms with Gasteiger partial charge in [-0.3, -0.25) is 9.48 Å². The van der Waals surface area contributed by atoms with E-state index in [9.17, 15) is 9.59 Å². The second-order valence-corrected chi connectivity index (χ2v) is 8.37. The molecule has 0 atom stereocenters. The number of esters is 1. The van der Waals surface area contributed by atoms with Crippen LogP contribution in [0.1, 0.15) is 58.3 Å². The van der Waals surface area contributed by atoms with Crippen LogP contribution in [0.4, 0.5) is 0 Å². The fourth-order valence-corrected chi connectivity index (χ4v) is 4.44. The fourth-order valence-electron chi connectivity index (χ4n) is 4.44. The van der Waals surface area contributed by atoms with E-state index in [0.29, 0.717) is 38.1 Å². The van der Waals surface area contributed by atoms with Gasteiger partial charge in [0.05, 0.1) is 29.1 Å². The van der Waals surface area contributed by atoms with Gasteiger partial charge in [-0.25, -0.2) is 4.79 Å². The van der Waals surface area contributed by atoms with Crippen molar-refractivity contribution in [3.8, 4) is 0 Å². The molecule has 2 aromatic heterocycles. The Hall–Kier alpha value is -2.61. The molecule has 1 fully saturated rings. The lowest BCUT2D eigenvalue weighted by Crippen LogP contribution is -2.40. The number of fused-ring (bicyclic) bond motifs is 1. The predicted molar refractivity (Wildman–Crippen MR) is 110 cm³/mol. The summed E-state index contributed by atoms with van der Waals surface area (Å²) in [5, 5.41) is 7.87. The van der Waals surface area contributed by atoms with E-state index in [1.165, 1.54) is 0 Å². The third kappa shape index (κ3) is 4.14. The van der Waals surface area contributed by atoms with Crippen molar-refractivity contribution in [2.24, 2.45) is 12.5 Å².